The number of carbonyl (C=O) groups excluding carboxylic acids is 2. The summed E-state index contributed by atoms with van der Waals surface area (Å²) in [4.78, 5) is 26.4. The highest BCUT2D eigenvalue weighted by molar-refractivity contribution is 5.82. The van der Waals surface area contributed by atoms with Crippen molar-refractivity contribution in [3.05, 3.63) is 41.6 Å². The summed E-state index contributed by atoms with van der Waals surface area (Å²) < 4.78 is 12.2. The van der Waals surface area contributed by atoms with Crippen molar-refractivity contribution in [2.24, 2.45) is 0 Å². The van der Waals surface area contributed by atoms with Gasteiger partial charge in [-0.1, -0.05) is 18.2 Å². The van der Waals surface area contributed by atoms with Crippen LogP contribution in [0.15, 0.2) is 30.3 Å². The fraction of sp³-hybridized carbons (Fsp3) is 0.450. The van der Waals surface area contributed by atoms with E-state index in [0.29, 0.717) is 30.2 Å². The maximum Gasteiger partial charge on any atom is 0.410 e. The Balaban J connectivity index is 1.62. The maximum atomic E-state index is 12.5. The lowest BCUT2D eigenvalue weighted by molar-refractivity contribution is 0.0221. The number of nitrogen functional groups attached to an aromatic ring is 1. The Labute approximate surface area is 164 Å². The van der Waals surface area contributed by atoms with Crippen molar-refractivity contribution in [1.29, 1.82) is 0 Å². The topological polar surface area (TPSA) is 99.7 Å². The van der Waals surface area contributed by atoms with Crippen molar-refractivity contribution in [1.82, 2.24) is 14.7 Å². The van der Waals surface area contributed by atoms with E-state index in [9.17, 15) is 9.59 Å². The van der Waals surface area contributed by atoms with Crippen molar-refractivity contribution in [3.63, 3.8) is 0 Å². The molecule has 1 aliphatic rings. The number of aromatic nitrogens is 2. The summed E-state index contributed by atoms with van der Waals surface area (Å²) in [6.07, 6.45) is 0.290. The number of nitrogens with zero attached hydrogens (tertiary/aromatic N) is 3. The molecule has 0 fully saturated rings. The minimum Gasteiger partial charge on any atom is -0.493 e. The van der Waals surface area contributed by atoms with Gasteiger partial charge in [0.1, 0.15) is 17.2 Å². The molecule has 1 amide bonds. The van der Waals surface area contributed by atoms with Crippen LogP contribution in [0.25, 0.3) is 0 Å². The Morgan fingerprint density at radius 2 is 1.93 bits per heavy atom. The maximum absolute atomic E-state index is 12.5. The molecule has 1 aliphatic heterocycles. The van der Waals surface area contributed by atoms with E-state index in [4.69, 9.17) is 15.2 Å². The van der Waals surface area contributed by atoms with Gasteiger partial charge in [-0.05, 0) is 39.3 Å². The Bertz CT molecular complexity index is 855. The second-order valence-electron chi connectivity index (χ2n) is 7.68. The molecule has 3 rings (SSSR count). The molecule has 0 atom stereocenters. The summed E-state index contributed by atoms with van der Waals surface area (Å²) in [5.41, 5.74) is 7.02. The number of amides is 1. The number of carbonyl (C=O) groups is 2. The highest BCUT2D eigenvalue weighted by Crippen LogP contribution is 2.25. The van der Waals surface area contributed by atoms with Gasteiger partial charge in [0.2, 0.25) is 0 Å². The number of hydrogen-bond acceptors (Lipinski definition) is 6. The number of rotatable bonds is 4. The summed E-state index contributed by atoms with van der Waals surface area (Å²) >= 11 is 0. The summed E-state index contributed by atoms with van der Waals surface area (Å²) in [7, 11) is 0. The molecule has 2 aromatic rings. The van der Waals surface area contributed by atoms with E-state index in [1.54, 1.807) is 4.90 Å². The molecule has 0 saturated carbocycles. The predicted molar refractivity (Wildman–Crippen MR) is 104 cm³/mol. The number of anilines is 1. The van der Waals surface area contributed by atoms with Gasteiger partial charge in [0.15, 0.2) is 0 Å². The van der Waals surface area contributed by atoms with Crippen molar-refractivity contribution in [2.75, 3.05) is 18.9 Å². The average Bonchev–Trinajstić information content (AvgIpc) is 2.97. The van der Waals surface area contributed by atoms with Gasteiger partial charge in [-0.2, -0.15) is 9.78 Å². The lowest BCUT2D eigenvalue weighted by atomic mass is 10.1. The molecule has 0 unspecified atom stereocenters. The predicted octanol–water partition coefficient (Wildman–Crippen LogP) is 2.87. The molecule has 0 saturated heterocycles. The van der Waals surface area contributed by atoms with E-state index in [2.05, 4.69) is 5.10 Å². The molecule has 8 nitrogen and oxygen atoms in total. The molecule has 150 valence electrons. The van der Waals surface area contributed by atoms with Crippen LogP contribution in [-0.2, 0) is 17.7 Å². The molecule has 0 bridgehead atoms. The standard InChI is InChI=1S/C20H26N4O4/c1-20(2,3)28-19(26)23-11-9-15-16(13-23)22-24(18(15)21)17(25)10-12-27-14-7-5-4-6-8-14/h4-8H,9-13,21H2,1-3H3. The molecule has 2 N–H and O–H groups in total. The summed E-state index contributed by atoms with van der Waals surface area (Å²) in [6.45, 7) is 6.45. The first-order valence-electron chi connectivity index (χ1n) is 9.30. The van der Waals surface area contributed by atoms with Crippen LogP contribution < -0.4 is 10.5 Å². The van der Waals surface area contributed by atoms with Crippen molar-refractivity contribution >= 4 is 17.8 Å². The minimum absolute atomic E-state index is 0.148. The average molecular weight is 386 g/mol. The smallest absolute Gasteiger partial charge is 0.410 e. The molecule has 1 aromatic carbocycles. The number of ether oxygens (including phenoxy) is 2. The van der Waals surface area contributed by atoms with Gasteiger partial charge in [-0.3, -0.25) is 4.79 Å². The number of benzene rings is 1. The Morgan fingerprint density at radius 3 is 2.61 bits per heavy atom. The summed E-state index contributed by atoms with van der Waals surface area (Å²) in [5.74, 6) is 0.797. The summed E-state index contributed by atoms with van der Waals surface area (Å²) in [6, 6.07) is 9.29. The van der Waals surface area contributed by atoms with Crippen molar-refractivity contribution in [2.45, 2.75) is 45.8 Å². The van der Waals surface area contributed by atoms with Crippen LogP contribution in [0.1, 0.15) is 43.2 Å². The first-order chi connectivity index (χ1) is 13.2. The van der Waals surface area contributed by atoms with Gasteiger partial charge in [0, 0.05) is 12.1 Å². The third-order valence-electron chi connectivity index (χ3n) is 4.29. The van der Waals surface area contributed by atoms with Crippen LogP contribution in [0.5, 0.6) is 5.75 Å². The molecular weight excluding hydrogens is 360 g/mol. The number of nitrogens with two attached hydrogens (primary N) is 1. The van der Waals surface area contributed by atoms with E-state index in [-0.39, 0.29) is 25.5 Å². The van der Waals surface area contributed by atoms with Gasteiger partial charge < -0.3 is 20.1 Å². The first-order valence-corrected chi connectivity index (χ1v) is 9.30. The second-order valence-corrected chi connectivity index (χ2v) is 7.68. The monoisotopic (exact) mass is 386 g/mol. The first kappa shape index (κ1) is 19.7. The molecule has 8 heteroatoms. The number of para-hydroxylation sites is 1. The van der Waals surface area contributed by atoms with Gasteiger partial charge in [0.25, 0.3) is 5.91 Å². The lowest BCUT2D eigenvalue weighted by Crippen LogP contribution is -2.39. The van der Waals surface area contributed by atoms with E-state index in [0.717, 1.165) is 5.56 Å². The van der Waals surface area contributed by atoms with Crippen LogP contribution >= 0.6 is 0 Å². The normalized spacial score (nSPS) is 13.8. The Hall–Kier alpha value is -3.03. The third kappa shape index (κ3) is 4.62. The molecule has 2 heterocycles. The van der Waals surface area contributed by atoms with Gasteiger partial charge in [0.05, 0.1) is 25.3 Å². The highest BCUT2D eigenvalue weighted by atomic mass is 16.6. The van der Waals surface area contributed by atoms with Gasteiger partial charge >= 0.3 is 6.09 Å². The largest absolute Gasteiger partial charge is 0.493 e. The molecule has 0 spiro atoms. The summed E-state index contributed by atoms with van der Waals surface area (Å²) in [5, 5.41) is 4.34. The molecule has 1 aromatic heterocycles. The number of fused-ring (bicyclic) bond motifs is 1. The fourth-order valence-corrected chi connectivity index (χ4v) is 2.97. The van der Waals surface area contributed by atoms with E-state index in [1.165, 1.54) is 4.68 Å². The van der Waals surface area contributed by atoms with E-state index >= 15 is 0 Å². The van der Waals surface area contributed by atoms with Crippen LogP contribution in [0.3, 0.4) is 0 Å². The van der Waals surface area contributed by atoms with Crippen LogP contribution in [0, 0.1) is 0 Å². The minimum atomic E-state index is -0.565. The third-order valence-corrected chi connectivity index (χ3v) is 4.29. The Kier molecular flexibility index (Phi) is 5.58. The SMILES string of the molecule is CC(C)(C)OC(=O)N1CCc2c(nn(C(=O)CCOc3ccccc3)c2N)C1. The van der Waals surface area contributed by atoms with Crippen LogP contribution in [-0.4, -0.2) is 45.4 Å². The molecular formula is C20H26N4O4. The second kappa shape index (κ2) is 7.92. The molecule has 28 heavy (non-hydrogen) atoms. The molecule has 0 radical (unpaired) electrons. The number of hydrogen-bond donors (Lipinski definition) is 1. The van der Waals surface area contributed by atoms with E-state index < -0.39 is 11.7 Å². The molecule has 0 aliphatic carbocycles. The fourth-order valence-electron chi connectivity index (χ4n) is 2.97. The quantitative estimate of drug-likeness (QED) is 0.867. The highest BCUT2D eigenvalue weighted by Gasteiger charge is 2.30. The zero-order chi connectivity index (χ0) is 20.3. The van der Waals surface area contributed by atoms with Crippen LogP contribution in [0.4, 0.5) is 10.6 Å². The lowest BCUT2D eigenvalue weighted by Gasteiger charge is -2.29. The van der Waals surface area contributed by atoms with Crippen molar-refractivity contribution < 1.29 is 19.1 Å². The van der Waals surface area contributed by atoms with E-state index in [1.807, 2.05) is 51.1 Å². The zero-order valence-electron chi connectivity index (χ0n) is 16.5. The van der Waals surface area contributed by atoms with Crippen molar-refractivity contribution in [3.8, 4) is 5.75 Å². The van der Waals surface area contributed by atoms with Crippen LogP contribution in [0.2, 0.25) is 0 Å². The Morgan fingerprint density at radius 1 is 1.21 bits per heavy atom. The zero-order valence-corrected chi connectivity index (χ0v) is 16.5. The van der Waals surface area contributed by atoms with Gasteiger partial charge in [-0.15, -0.1) is 0 Å². The van der Waals surface area contributed by atoms with Gasteiger partial charge in [-0.25, -0.2) is 4.79 Å².